The largest absolute Gasteiger partial charge is 0.495 e. The highest BCUT2D eigenvalue weighted by atomic mass is 16.5. The molecule has 2 aromatic carbocycles. The van der Waals surface area contributed by atoms with E-state index in [9.17, 15) is 4.79 Å². The number of anilines is 1. The van der Waals surface area contributed by atoms with Gasteiger partial charge in [-0.2, -0.15) is 0 Å². The molecule has 2 amide bonds. The second-order valence-corrected chi connectivity index (χ2v) is 7.38. The second kappa shape index (κ2) is 7.43. The van der Waals surface area contributed by atoms with Crippen LogP contribution in [0.4, 0.5) is 10.5 Å². The minimum Gasteiger partial charge on any atom is -0.495 e. The summed E-state index contributed by atoms with van der Waals surface area (Å²) >= 11 is 0. The van der Waals surface area contributed by atoms with E-state index in [0.717, 1.165) is 16.9 Å². The molecule has 0 saturated heterocycles. The van der Waals surface area contributed by atoms with Crippen LogP contribution >= 0.6 is 0 Å². The molecule has 0 spiro atoms. The zero-order valence-electron chi connectivity index (χ0n) is 16.4. The van der Waals surface area contributed by atoms with E-state index in [0.29, 0.717) is 18.0 Å². The zero-order valence-corrected chi connectivity index (χ0v) is 16.4. The fraction of sp³-hybridized carbons (Fsp3) is 0.261. The van der Waals surface area contributed by atoms with Gasteiger partial charge in [-0.05, 0) is 41.8 Å². The quantitative estimate of drug-likeness (QED) is 0.681. The monoisotopic (exact) mass is 375 g/mol. The Balaban J connectivity index is 1.76. The first-order chi connectivity index (χ1) is 13.6. The number of aromatic nitrogens is 1. The number of hydrogen-bond donors (Lipinski definition) is 1. The molecular weight excluding hydrogens is 350 g/mol. The van der Waals surface area contributed by atoms with Crippen LogP contribution in [0.5, 0.6) is 5.75 Å². The molecule has 1 unspecified atom stereocenters. The molecule has 0 bridgehead atoms. The molecule has 144 valence electrons. The molecule has 3 aromatic rings. The first-order valence-electron chi connectivity index (χ1n) is 9.56. The lowest BCUT2D eigenvalue weighted by Crippen LogP contribution is -2.39. The summed E-state index contributed by atoms with van der Waals surface area (Å²) in [5.74, 6) is 0.905. The Bertz CT molecular complexity index is 993. The fourth-order valence-corrected chi connectivity index (χ4v) is 4.01. The number of carbonyl (C=O) groups is 1. The molecule has 0 saturated carbocycles. The standard InChI is InChI=1S/C23H25N3O2/c1-16(2)22-20-12-8-14-25(20)19-11-6-4-9-17(19)15-26(22)23(27)24-18-10-5-7-13-21(18)28-3/h4-14,16,22H,15H2,1-3H3,(H,24,27). The number of methoxy groups -OCH3 is 1. The summed E-state index contributed by atoms with van der Waals surface area (Å²) < 4.78 is 7.60. The Kier molecular flexibility index (Phi) is 4.82. The first-order valence-corrected chi connectivity index (χ1v) is 9.56. The normalized spacial score (nSPS) is 15.6. The average molecular weight is 375 g/mol. The number of nitrogens with zero attached hydrogens (tertiary/aromatic N) is 2. The number of amides is 2. The third-order valence-electron chi connectivity index (χ3n) is 5.25. The summed E-state index contributed by atoms with van der Waals surface area (Å²) in [6, 6.07) is 19.7. The van der Waals surface area contributed by atoms with E-state index in [2.05, 4.69) is 48.1 Å². The molecule has 1 N–H and O–H groups in total. The Labute approximate surface area is 165 Å². The van der Waals surface area contributed by atoms with Crippen molar-refractivity contribution in [3.8, 4) is 11.4 Å². The molecule has 4 rings (SSSR count). The lowest BCUT2D eigenvalue weighted by molar-refractivity contribution is 0.162. The summed E-state index contributed by atoms with van der Waals surface area (Å²) in [6.45, 7) is 4.85. The highest BCUT2D eigenvalue weighted by molar-refractivity contribution is 5.91. The maximum absolute atomic E-state index is 13.4. The van der Waals surface area contributed by atoms with E-state index in [1.54, 1.807) is 7.11 Å². The van der Waals surface area contributed by atoms with Gasteiger partial charge in [-0.1, -0.05) is 44.2 Å². The van der Waals surface area contributed by atoms with Gasteiger partial charge < -0.3 is 19.5 Å². The van der Waals surface area contributed by atoms with Crippen LogP contribution in [0.2, 0.25) is 0 Å². The fourth-order valence-electron chi connectivity index (χ4n) is 4.01. The third kappa shape index (κ3) is 3.13. The Morgan fingerprint density at radius 1 is 1.07 bits per heavy atom. The minimum absolute atomic E-state index is 0.0443. The first kappa shape index (κ1) is 18.2. The van der Waals surface area contributed by atoms with Gasteiger partial charge in [0.25, 0.3) is 0 Å². The molecule has 0 fully saturated rings. The van der Waals surface area contributed by atoms with E-state index < -0.39 is 0 Å². The van der Waals surface area contributed by atoms with Crippen LogP contribution in [0.3, 0.4) is 0 Å². The Morgan fingerprint density at radius 2 is 1.82 bits per heavy atom. The molecule has 28 heavy (non-hydrogen) atoms. The lowest BCUT2D eigenvalue weighted by atomic mass is 9.99. The van der Waals surface area contributed by atoms with Gasteiger partial charge in [0.2, 0.25) is 0 Å². The van der Waals surface area contributed by atoms with Crippen molar-refractivity contribution in [3.05, 3.63) is 78.1 Å². The van der Waals surface area contributed by atoms with E-state index in [1.807, 2.05) is 47.4 Å². The summed E-state index contributed by atoms with van der Waals surface area (Å²) in [5.41, 5.74) is 4.04. The summed E-state index contributed by atoms with van der Waals surface area (Å²) in [7, 11) is 1.61. The molecule has 0 radical (unpaired) electrons. The van der Waals surface area contributed by atoms with Gasteiger partial charge in [-0.3, -0.25) is 0 Å². The average Bonchev–Trinajstić information content (AvgIpc) is 3.11. The smallest absolute Gasteiger partial charge is 0.322 e. The number of benzene rings is 2. The highest BCUT2D eigenvalue weighted by Crippen LogP contribution is 2.37. The van der Waals surface area contributed by atoms with Crippen molar-refractivity contribution >= 4 is 11.7 Å². The van der Waals surface area contributed by atoms with E-state index in [-0.39, 0.29) is 18.0 Å². The van der Waals surface area contributed by atoms with Gasteiger partial charge in [0.05, 0.1) is 31.1 Å². The van der Waals surface area contributed by atoms with Crippen LogP contribution < -0.4 is 10.1 Å². The number of nitrogens with one attached hydrogen (secondary N) is 1. The van der Waals surface area contributed by atoms with Gasteiger partial charge in [0.15, 0.2) is 0 Å². The van der Waals surface area contributed by atoms with Crippen LogP contribution in [0.25, 0.3) is 5.69 Å². The minimum atomic E-state index is -0.132. The summed E-state index contributed by atoms with van der Waals surface area (Å²) in [5, 5.41) is 3.05. The predicted octanol–water partition coefficient (Wildman–Crippen LogP) is 5.23. The van der Waals surface area contributed by atoms with Crippen LogP contribution in [0.1, 0.15) is 31.1 Å². The number of urea groups is 1. The van der Waals surface area contributed by atoms with Crippen molar-refractivity contribution in [1.82, 2.24) is 9.47 Å². The van der Waals surface area contributed by atoms with Crippen LogP contribution in [-0.4, -0.2) is 22.6 Å². The van der Waals surface area contributed by atoms with Crippen LogP contribution in [0.15, 0.2) is 66.9 Å². The molecule has 0 aliphatic carbocycles. The van der Waals surface area contributed by atoms with Gasteiger partial charge >= 0.3 is 6.03 Å². The van der Waals surface area contributed by atoms with E-state index >= 15 is 0 Å². The van der Waals surface area contributed by atoms with Crippen LogP contribution in [0, 0.1) is 5.92 Å². The maximum Gasteiger partial charge on any atom is 0.322 e. The van der Waals surface area contributed by atoms with Crippen molar-refractivity contribution in [2.45, 2.75) is 26.4 Å². The number of carbonyl (C=O) groups excluding carboxylic acids is 1. The second-order valence-electron chi connectivity index (χ2n) is 7.38. The molecular formula is C23H25N3O2. The van der Waals surface area contributed by atoms with Crippen molar-refractivity contribution in [2.24, 2.45) is 5.92 Å². The summed E-state index contributed by atoms with van der Waals surface area (Å²) in [6.07, 6.45) is 2.07. The number of rotatable bonds is 3. The van der Waals surface area contributed by atoms with Crippen LogP contribution in [-0.2, 0) is 6.54 Å². The highest BCUT2D eigenvalue weighted by Gasteiger charge is 2.33. The maximum atomic E-state index is 13.4. The summed E-state index contributed by atoms with van der Waals surface area (Å²) in [4.78, 5) is 15.3. The molecule has 5 nitrogen and oxygen atoms in total. The Hall–Kier alpha value is -3.21. The SMILES string of the molecule is COc1ccccc1NC(=O)N1Cc2ccccc2-n2cccc2C1C(C)C. The number of hydrogen-bond acceptors (Lipinski definition) is 2. The zero-order chi connectivity index (χ0) is 19.7. The van der Waals surface area contributed by atoms with Crippen molar-refractivity contribution in [1.29, 1.82) is 0 Å². The third-order valence-corrected chi connectivity index (χ3v) is 5.25. The van der Waals surface area contributed by atoms with E-state index in [4.69, 9.17) is 4.74 Å². The number of para-hydroxylation sites is 3. The molecule has 1 atom stereocenters. The molecule has 1 aliphatic heterocycles. The van der Waals surface area contributed by atoms with Gasteiger partial charge in [0.1, 0.15) is 5.75 Å². The number of fused-ring (bicyclic) bond motifs is 3. The number of ether oxygens (including phenoxy) is 1. The molecule has 1 aromatic heterocycles. The van der Waals surface area contributed by atoms with Gasteiger partial charge in [-0.25, -0.2) is 4.79 Å². The van der Waals surface area contributed by atoms with Crippen molar-refractivity contribution in [2.75, 3.05) is 12.4 Å². The van der Waals surface area contributed by atoms with E-state index in [1.165, 1.54) is 0 Å². The Morgan fingerprint density at radius 3 is 2.61 bits per heavy atom. The molecule has 2 heterocycles. The van der Waals surface area contributed by atoms with Crippen molar-refractivity contribution in [3.63, 3.8) is 0 Å². The molecule has 1 aliphatic rings. The molecule has 5 heteroatoms. The predicted molar refractivity (Wildman–Crippen MR) is 111 cm³/mol. The van der Waals surface area contributed by atoms with Gasteiger partial charge in [0, 0.05) is 11.9 Å². The van der Waals surface area contributed by atoms with Gasteiger partial charge in [-0.15, -0.1) is 0 Å². The van der Waals surface area contributed by atoms with Crippen molar-refractivity contribution < 1.29 is 9.53 Å². The topological polar surface area (TPSA) is 46.5 Å². The lowest BCUT2D eigenvalue weighted by Gasteiger charge is -2.33.